The van der Waals surface area contributed by atoms with E-state index in [2.05, 4.69) is 15.5 Å². The van der Waals surface area contributed by atoms with Crippen LogP contribution < -0.4 is 5.32 Å². The van der Waals surface area contributed by atoms with Crippen molar-refractivity contribution in [3.8, 4) is 0 Å². The Morgan fingerprint density at radius 1 is 1.30 bits per heavy atom. The number of hydrogen-bond donors (Lipinski definition) is 1. The average molecular weight is 395 g/mol. The first kappa shape index (κ1) is 19.6. The van der Waals surface area contributed by atoms with E-state index in [4.69, 9.17) is 0 Å². The van der Waals surface area contributed by atoms with Gasteiger partial charge in [-0.25, -0.2) is 8.42 Å². The topological polar surface area (TPSA) is 102 Å². The van der Waals surface area contributed by atoms with Gasteiger partial charge in [-0.3, -0.25) is 14.2 Å². The number of nitrogens with one attached hydrogen (secondary N) is 1. The lowest BCUT2D eigenvalue weighted by atomic mass is 9.99. The van der Waals surface area contributed by atoms with E-state index in [-0.39, 0.29) is 23.3 Å². The van der Waals surface area contributed by atoms with Gasteiger partial charge in [-0.2, -0.15) is 14.5 Å². The van der Waals surface area contributed by atoms with Crippen LogP contribution in [0.2, 0.25) is 0 Å². The molecule has 1 N–H and O–H groups in total. The van der Waals surface area contributed by atoms with Crippen molar-refractivity contribution in [3.63, 3.8) is 0 Å². The molecule has 2 aromatic heterocycles. The Hall–Kier alpha value is -2.20. The fourth-order valence-electron chi connectivity index (χ4n) is 3.29. The van der Waals surface area contributed by atoms with Crippen LogP contribution in [0.25, 0.3) is 0 Å². The van der Waals surface area contributed by atoms with E-state index in [1.807, 2.05) is 20.0 Å². The molecule has 10 heteroatoms. The molecular weight excluding hydrogens is 368 g/mol. The molecule has 0 bridgehead atoms. The second kappa shape index (κ2) is 7.43. The van der Waals surface area contributed by atoms with E-state index < -0.39 is 10.0 Å². The Kier molecular flexibility index (Phi) is 5.38. The number of aromatic nitrogens is 4. The molecule has 0 aliphatic carbocycles. The zero-order valence-electron chi connectivity index (χ0n) is 16.1. The van der Waals surface area contributed by atoms with E-state index in [9.17, 15) is 13.2 Å². The standard InChI is InChI=1S/C17H26N6O3S/c1-12-8-15(20-21(12)3)9-18-17(24)14-6-5-7-23(11-14)27(25,26)16-10-19-22(4)13(16)2/h8,10,14H,5-7,9,11H2,1-4H3,(H,18,24)/t14-/m0/s1. The van der Waals surface area contributed by atoms with Crippen molar-refractivity contribution in [1.82, 2.24) is 29.2 Å². The van der Waals surface area contributed by atoms with Crippen LogP contribution in [0.5, 0.6) is 0 Å². The van der Waals surface area contributed by atoms with Crippen molar-refractivity contribution < 1.29 is 13.2 Å². The summed E-state index contributed by atoms with van der Waals surface area (Å²) >= 11 is 0. The van der Waals surface area contributed by atoms with Crippen LogP contribution >= 0.6 is 0 Å². The number of carbonyl (C=O) groups excluding carboxylic acids is 1. The van der Waals surface area contributed by atoms with Gasteiger partial charge in [-0.1, -0.05) is 0 Å². The molecule has 2 aromatic rings. The number of nitrogens with zero attached hydrogens (tertiary/aromatic N) is 5. The molecule has 1 amide bonds. The van der Waals surface area contributed by atoms with Crippen molar-refractivity contribution in [1.29, 1.82) is 0 Å². The lowest BCUT2D eigenvalue weighted by Crippen LogP contribution is -2.45. The molecule has 1 aliphatic heterocycles. The van der Waals surface area contributed by atoms with Gasteiger partial charge in [-0.15, -0.1) is 0 Å². The van der Waals surface area contributed by atoms with Crippen LogP contribution in [-0.4, -0.2) is 51.3 Å². The summed E-state index contributed by atoms with van der Waals surface area (Å²) in [4.78, 5) is 12.8. The van der Waals surface area contributed by atoms with Gasteiger partial charge in [0.1, 0.15) is 4.90 Å². The monoisotopic (exact) mass is 394 g/mol. The highest BCUT2D eigenvalue weighted by atomic mass is 32.2. The summed E-state index contributed by atoms with van der Waals surface area (Å²) < 4.78 is 30.6. The molecule has 0 unspecified atom stereocenters. The van der Waals surface area contributed by atoms with Crippen LogP contribution in [0.1, 0.15) is 29.9 Å². The van der Waals surface area contributed by atoms with Crippen molar-refractivity contribution in [2.45, 2.75) is 38.1 Å². The van der Waals surface area contributed by atoms with E-state index in [0.717, 1.165) is 11.4 Å². The zero-order chi connectivity index (χ0) is 19.8. The number of amides is 1. The first-order valence-corrected chi connectivity index (χ1v) is 10.4. The molecule has 0 radical (unpaired) electrons. The van der Waals surface area contributed by atoms with Gasteiger partial charge in [-0.05, 0) is 32.8 Å². The van der Waals surface area contributed by atoms with Gasteiger partial charge in [0.05, 0.1) is 30.0 Å². The summed E-state index contributed by atoms with van der Waals surface area (Å²) in [6.45, 7) is 4.61. The van der Waals surface area contributed by atoms with Crippen molar-refractivity contribution in [3.05, 3.63) is 29.3 Å². The van der Waals surface area contributed by atoms with E-state index >= 15 is 0 Å². The highest BCUT2D eigenvalue weighted by Crippen LogP contribution is 2.25. The van der Waals surface area contributed by atoms with Gasteiger partial charge in [0.25, 0.3) is 0 Å². The minimum atomic E-state index is -3.65. The highest BCUT2D eigenvalue weighted by molar-refractivity contribution is 7.89. The Balaban J connectivity index is 1.66. The molecule has 27 heavy (non-hydrogen) atoms. The molecule has 3 rings (SSSR count). The summed E-state index contributed by atoms with van der Waals surface area (Å²) in [5, 5.41) is 11.2. The predicted octanol–water partition coefficient (Wildman–Crippen LogP) is 0.488. The molecule has 1 fully saturated rings. The van der Waals surface area contributed by atoms with Crippen LogP contribution in [-0.2, 0) is 35.5 Å². The molecule has 9 nitrogen and oxygen atoms in total. The van der Waals surface area contributed by atoms with Gasteiger partial charge in [0.15, 0.2) is 0 Å². The Morgan fingerprint density at radius 2 is 2.04 bits per heavy atom. The lowest BCUT2D eigenvalue weighted by Gasteiger charge is -2.31. The number of hydrogen-bond acceptors (Lipinski definition) is 5. The molecule has 1 saturated heterocycles. The van der Waals surface area contributed by atoms with E-state index in [1.54, 1.807) is 18.7 Å². The molecule has 3 heterocycles. The van der Waals surface area contributed by atoms with Crippen LogP contribution in [0, 0.1) is 19.8 Å². The summed E-state index contributed by atoms with van der Waals surface area (Å²) in [6.07, 6.45) is 2.70. The predicted molar refractivity (Wildman–Crippen MR) is 99.2 cm³/mol. The largest absolute Gasteiger partial charge is 0.350 e. The second-order valence-corrected chi connectivity index (χ2v) is 8.94. The SMILES string of the molecule is Cc1cc(CNC(=O)[C@H]2CCCN(S(=O)(=O)c3cnn(C)c3C)C2)nn1C. The maximum atomic E-state index is 12.9. The van der Waals surface area contributed by atoms with Crippen molar-refractivity contribution in [2.24, 2.45) is 20.0 Å². The van der Waals surface area contributed by atoms with Crippen molar-refractivity contribution >= 4 is 15.9 Å². The fraction of sp³-hybridized carbons (Fsp3) is 0.588. The normalized spacial score (nSPS) is 18.6. The summed E-state index contributed by atoms with van der Waals surface area (Å²) in [5.41, 5.74) is 2.39. The molecular formula is C17H26N6O3S. The fourth-order valence-corrected chi connectivity index (χ4v) is 5.00. The van der Waals surface area contributed by atoms with Crippen molar-refractivity contribution in [2.75, 3.05) is 13.1 Å². The Bertz CT molecular complexity index is 927. The summed E-state index contributed by atoms with van der Waals surface area (Å²) in [6, 6.07) is 1.92. The van der Waals surface area contributed by atoms with Gasteiger partial charge < -0.3 is 5.32 Å². The average Bonchev–Trinajstić information content (AvgIpc) is 3.15. The van der Waals surface area contributed by atoms with Crippen LogP contribution in [0.3, 0.4) is 0 Å². The number of rotatable bonds is 5. The van der Waals surface area contributed by atoms with Gasteiger partial charge in [0, 0.05) is 32.9 Å². The van der Waals surface area contributed by atoms with Gasteiger partial charge >= 0.3 is 0 Å². The Labute approximate surface area is 159 Å². The third-order valence-electron chi connectivity index (χ3n) is 5.17. The summed E-state index contributed by atoms with van der Waals surface area (Å²) in [5.74, 6) is -0.503. The Morgan fingerprint density at radius 3 is 2.63 bits per heavy atom. The molecule has 0 spiro atoms. The van der Waals surface area contributed by atoms with E-state index in [1.165, 1.54) is 15.2 Å². The smallest absolute Gasteiger partial charge is 0.246 e. The van der Waals surface area contributed by atoms with Crippen LogP contribution in [0.4, 0.5) is 0 Å². The van der Waals surface area contributed by atoms with Gasteiger partial charge in [0.2, 0.25) is 15.9 Å². The molecule has 0 saturated carbocycles. The maximum absolute atomic E-state index is 12.9. The minimum Gasteiger partial charge on any atom is -0.350 e. The molecule has 1 atom stereocenters. The number of piperidine rings is 1. The molecule has 0 aromatic carbocycles. The first-order chi connectivity index (χ1) is 12.7. The highest BCUT2D eigenvalue weighted by Gasteiger charge is 2.34. The third kappa shape index (κ3) is 3.91. The minimum absolute atomic E-state index is 0.138. The summed E-state index contributed by atoms with van der Waals surface area (Å²) in [7, 11) is -0.0928. The van der Waals surface area contributed by atoms with Crippen LogP contribution in [0.15, 0.2) is 17.2 Å². The zero-order valence-corrected chi connectivity index (χ0v) is 17.0. The maximum Gasteiger partial charge on any atom is 0.246 e. The van der Waals surface area contributed by atoms with E-state index in [0.29, 0.717) is 31.6 Å². The first-order valence-electron chi connectivity index (χ1n) is 8.96. The molecule has 1 aliphatic rings. The second-order valence-electron chi connectivity index (χ2n) is 7.04. The third-order valence-corrected chi connectivity index (χ3v) is 7.14. The lowest BCUT2D eigenvalue weighted by molar-refractivity contribution is -0.126. The number of aryl methyl sites for hydroxylation is 3. The quantitative estimate of drug-likeness (QED) is 0.795. The molecule has 148 valence electrons. The number of carbonyl (C=O) groups is 1. The number of sulfonamides is 1.